The van der Waals surface area contributed by atoms with E-state index in [1.54, 1.807) is 30.3 Å². The van der Waals surface area contributed by atoms with Crippen LogP contribution in [0.5, 0.6) is 0 Å². The van der Waals surface area contributed by atoms with Crippen molar-refractivity contribution >= 4 is 21.8 Å². The van der Waals surface area contributed by atoms with Gasteiger partial charge in [0.25, 0.3) is 0 Å². The van der Waals surface area contributed by atoms with Crippen molar-refractivity contribution in [3.63, 3.8) is 0 Å². The van der Waals surface area contributed by atoms with E-state index in [1.165, 1.54) is 0 Å². The van der Waals surface area contributed by atoms with Gasteiger partial charge in [0.05, 0.1) is 11.4 Å². The van der Waals surface area contributed by atoms with Gasteiger partial charge in [-0.2, -0.15) is 16.9 Å². The lowest BCUT2D eigenvalue weighted by Crippen LogP contribution is -2.38. The maximum atomic E-state index is 12.6. The predicted molar refractivity (Wildman–Crippen MR) is 86.0 cm³/mol. The molecule has 21 heavy (non-hydrogen) atoms. The van der Waals surface area contributed by atoms with Crippen molar-refractivity contribution < 1.29 is 8.42 Å². The Hall–Kier alpha value is -0.570. The molecule has 0 spiro atoms. The van der Waals surface area contributed by atoms with Crippen molar-refractivity contribution in [2.45, 2.75) is 50.6 Å². The summed E-state index contributed by atoms with van der Waals surface area (Å²) in [5.41, 5.74) is 6.75. The molecule has 1 fully saturated rings. The van der Waals surface area contributed by atoms with Crippen molar-refractivity contribution in [2.24, 2.45) is 5.73 Å². The van der Waals surface area contributed by atoms with Crippen LogP contribution in [0.3, 0.4) is 0 Å². The Bertz CT molecular complexity index is 577. The molecule has 8 heteroatoms. The maximum absolute atomic E-state index is 12.6. The average Bonchev–Trinajstić information content (AvgIpc) is 2.72. The molecular formula is C13H24N4O2S2. The van der Waals surface area contributed by atoms with Crippen molar-refractivity contribution in [2.75, 3.05) is 18.1 Å². The number of thioether (sulfide) groups is 1. The summed E-state index contributed by atoms with van der Waals surface area (Å²) in [6.07, 6.45) is 2.76. The molecule has 1 unspecified atom stereocenters. The largest absolute Gasteiger partial charge is 0.330 e. The van der Waals surface area contributed by atoms with Crippen LogP contribution in [0, 0.1) is 13.8 Å². The van der Waals surface area contributed by atoms with Gasteiger partial charge in [0, 0.05) is 18.3 Å². The molecule has 0 aliphatic carbocycles. The highest BCUT2D eigenvalue weighted by Gasteiger charge is 2.27. The van der Waals surface area contributed by atoms with Crippen LogP contribution in [0.15, 0.2) is 4.90 Å². The first kappa shape index (κ1) is 16.8. The highest BCUT2D eigenvalue weighted by molar-refractivity contribution is 7.99. The molecule has 0 saturated carbocycles. The molecule has 0 radical (unpaired) electrons. The third kappa shape index (κ3) is 4.00. The van der Waals surface area contributed by atoms with Gasteiger partial charge in [-0.15, -0.1) is 0 Å². The minimum atomic E-state index is -3.50. The van der Waals surface area contributed by atoms with E-state index in [0.29, 0.717) is 29.4 Å². The zero-order chi connectivity index (χ0) is 15.5. The lowest BCUT2D eigenvalue weighted by atomic mass is 10.2. The first-order valence-electron chi connectivity index (χ1n) is 7.30. The van der Waals surface area contributed by atoms with Gasteiger partial charge < -0.3 is 5.73 Å². The van der Waals surface area contributed by atoms with E-state index in [2.05, 4.69) is 9.82 Å². The first-order chi connectivity index (χ1) is 9.95. The second-order valence-electron chi connectivity index (χ2n) is 5.40. The lowest BCUT2D eigenvalue weighted by molar-refractivity contribution is 0.540. The minimum Gasteiger partial charge on any atom is -0.330 e. The number of nitrogens with one attached hydrogen (secondary N) is 1. The van der Waals surface area contributed by atoms with Gasteiger partial charge in [-0.3, -0.25) is 4.68 Å². The predicted octanol–water partition coefficient (Wildman–Crippen LogP) is 1.02. The topological polar surface area (TPSA) is 90.0 Å². The van der Waals surface area contributed by atoms with Gasteiger partial charge >= 0.3 is 0 Å². The molecule has 2 rings (SSSR count). The molecule has 6 nitrogen and oxygen atoms in total. The van der Waals surface area contributed by atoms with Crippen molar-refractivity contribution in [3.05, 3.63) is 11.4 Å². The Morgan fingerprint density at radius 1 is 1.48 bits per heavy atom. The summed E-state index contributed by atoms with van der Waals surface area (Å²) in [4.78, 5) is 0.329. The molecule has 1 aliphatic rings. The molecule has 0 amide bonds. The van der Waals surface area contributed by atoms with Gasteiger partial charge in [-0.1, -0.05) is 0 Å². The quantitative estimate of drug-likeness (QED) is 0.812. The maximum Gasteiger partial charge on any atom is 0.244 e. The number of hydrogen-bond donors (Lipinski definition) is 2. The van der Waals surface area contributed by atoms with Gasteiger partial charge in [0.15, 0.2) is 0 Å². The van der Waals surface area contributed by atoms with E-state index in [9.17, 15) is 8.42 Å². The average molecular weight is 332 g/mol. The van der Waals surface area contributed by atoms with E-state index >= 15 is 0 Å². The fourth-order valence-corrected chi connectivity index (χ4v) is 5.50. The summed E-state index contributed by atoms with van der Waals surface area (Å²) in [5, 5.41) is 4.34. The lowest BCUT2D eigenvalue weighted by Gasteiger charge is -2.22. The molecule has 1 atom stereocenters. The number of hydrogen-bond acceptors (Lipinski definition) is 5. The van der Waals surface area contributed by atoms with E-state index in [4.69, 9.17) is 5.73 Å². The van der Waals surface area contributed by atoms with Crippen molar-refractivity contribution in [1.82, 2.24) is 14.5 Å². The number of rotatable bonds is 6. The Morgan fingerprint density at radius 2 is 2.24 bits per heavy atom. The second-order valence-corrected chi connectivity index (χ2v) is 8.20. The molecular weight excluding hydrogens is 308 g/mol. The summed E-state index contributed by atoms with van der Waals surface area (Å²) in [6, 6.07) is 0.0277. The Morgan fingerprint density at radius 3 is 2.86 bits per heavy atom. The number of sulfonamides is 1. The van der Waals surface area contributed by atoms with Gasteiger partial charge in [-0.05, 0) is 45.4 Å². The van der Waals surface area contributed by atoms with Crippen LogP contribution in [-0.4, -0.2) is 42.3 Å². The molecule has 3 N–H and O–H groups in total. The normalized spacial score (nSPS) is 19.9. The minimum absolute atomic E-state index is 0.0277. The number of aryl methyl sites for hydroxylation is 2. The molecule has 1 aliphatic heterocycles. The van der Waals surface area contributed by atoms with Crippen molar-refractivity contribution in [3.8, 4) is 0 Å². The van der Waals surface area contributed by atoms with Gasteiger partial charge in [0.2, 0.25) is 10.0 Å². The van der Waals surface area contributed by atoms with Crippen LogP contribution in [-0.2, 0) is 16.6 Å². The monoisotopic (exact) mass is 332 g/mol. The van der Waals surface area contributed by atoms with Crippen molar-refractivity contribution in [1.29, 1.82) is 0 Å². The fraction of sp³-hybridized carbons (Fsp3) is 0.769. The van der Waals surface area contributed by atoms with Crippen LogP contribution in [0.1, 0.15) is 30.7 Å². The number of aromatic nitrogens is 2. The van der Waals surface area contributed by atoms with E-state index in [-0.39, 0.29) is 6.04 Å². The summed E-state index contributed by atoms with van der Waals surface area (Å²) >= 11 is 1.80. The smallest absolute Gasteiger partial charge is 0.244 e. The van der Waals surface area contributed by atoms with Crippen LogP contribution in [0.2, 0.25) is 0 Å². The summed E-state index contributed by atoms with van der Waals surface area (Å²) in [6.45, 7) is 4.77. The Balaban J connectivity index is 2.20. The second kappa shape index (κ2) is 7.13. The van der Waals surface area contributed by atoms with Gasteiger partial charge in [0.1, 0.15) is 4.90 Å². The number of nitrogens with zero attached hydrogens (tertiary/aromatic N) is 2. The summed E-state index contributed by atoms with van der Waals surface area (Å²) in [5.74, 6) is 1.96. The molecule has 2 heterocycles. The molecule has 120 valence electrons. The van der Waals surface area contributed by atoms with Crippen LogP contribution in [0.25, 0.3) is 0 Å². The standard InChI is InChI=1S/C13H24N4O2S2/c1-10-13(11(2)17(15-10)7-4-6-14)21(18,19)16-12-5-3-8-20-9-12/h12,16H,3-9,14H2,1-2H3. The number of nitrogens with two attached hydrogens (primary N) is 1. The van der Waals surface area contributed by atoms with Gasteiger partial charge in [-0.25, -0.2) is 13.1 Å². The molecule has 0 aromatic carbocycles. The Kier molecular flexibility index (Phi) is 5.70. The summed E-state index contributed by atoms with van der Waals surface area (Å²) in [7, 11) is -3.50. The third-order valence-corrected chi connectivity index (χ3v) is 6.63. The van der Waals surface area contributed by atoms with Crippen LogP contribution in [0.4, 0.5) is 0 Å². The van der Waals surface area contributed by atoms with E-state index < -0.39 is 10.0 Å². The molecule has 0 bridgehead atoms. The zero-order valence-corrected chi connectivity index (χ0v) is 14.3. The van der Waals surface area contributed by atoms with Crippen LogP contribution < -0.4 is 10.5 Å². The molecule has 1 aromatic rings. The first-order valence-corrected chi connectivity index (χ1v) is 9.93. The highest BCUT2D eigenvalue weighted by Crippen LogP contribution is 2.23. The summed E-state index contributed by atoms with van der Waals surface area (Å²) < 4.78 is 29.8. The SMILES string of the molecule is Cc1nn(CCCN)c(C)c1S(=O)(=O)NC1CCCSC1. The highest BCUT2D eigenvalue weighted by atomic mass is 32.2. The molecule has 1 saturated heterocycles. The third-order valence-electron chi connectivity index (χ3n) is 3.64. The Labute approximate surface area is 130 Å². The van der Waals surface area contributed by atoms with E-state index in [0.717, 1.165) is 30.8 Å². The molecule has 1 aromatic heterocycles. The zero-order valence-electron chi connectivity index (χ0n) is 12.6. The fourth-order valence-electron chi connectivity index (χ4n) is 2.64. The van der Waals surface area contributed by atoms with Crippen LogP contribution >= 0.6 is 11.8 Å². The van der Waals surface area contributed by atoms with E-state index in [1.807, 2.05) is 0 Å².